The topological polar surface area (TPSA) is 46.1 Å². The SMILES string of the molecule is CCCCNC(=S)N(C)/N=C/c1ccc(OCc2ccc(Cl)cc2)c(OC)c1. The molecule has 0 fully saturated rings. The molecule has 0 spiro atoms. The molecule has 2 rings (SSSR count). The van der Waals surface area contributed by atoms with Crippen LogP contribution in [0, 0.1) is 0 Å². The third-order valence-electron chi connectivity index (χ3n) is 3.98. The van der Waals surface area contributed by atoms with Gasteiger partial charge >= 0.3 is 0 Å². The molecule has 0 aliphatic rings. The van der Waals surface area contributed by atoms with Crippen molar-refractivity contribution in [2.45, 2.75) is 26.4 Å². The summed E-state index contributed by atoms with van der Waals surface area (Å²) < 4.78 is 11.3. The number of hydrogen-bond acceptors (Lipinski definition) is 4. The van der Waals surface area contributed by atoms with Gasteiger partial charge in [-0.1, -0.05) is 37.1 Å². The van der Waals surface area contributed by atoms with Crippen LogP contribution in [0.2, 0.25) is 5.02 Å². The second kappa shape index (κ2) is 11.5. The van der Waals surface area contributed by atoms with E-state index >= 15 is 0 Å². The maximum Gasteiger partial charge on any atom is 0.189 e. The second-order valence-electron chi connectivity index (χ2n) is 6.18. The van der Waals surface area contributed by atoms with E-state index in [4.69, 9.17) is 33.3 Å². The van der Waals surface area contributed by atoms with Crippen molar-refractivity contribution in [1.29, 1.82) is 0 Å². The molecule has 0 aromatic heterocycles. The van der Waals surface area contributed by atoms with E-state index in [0.29, 0.717) is 28.2 Å². The van der Waals surface area contributed by atoms with Crippen LogP contribution >= 0.6 is 23.8 Å². The maximum absolute atomic E-state index is 5.91. The highest BCUT2D eigenvalue weighted by Gasteiger charge is 2.06. The van der Waals surface area contributed by atoms with Crippen LogP contribution < -0.4 is 14.8 Å². The van der Waals surface area contributed by atoms with Gasteiger partial charge in [-0.3, -0.25) is 0 Å². The zero-order valence-corrected chi connectivity index (χ0v) is 18.0. The number of benzene rings is 2. The minimum atomic E-state index is 0.432. The lowest BCUT2D eigenvalue weighted by Gasteiger charge is -2.15. The highest BCUT2D eigenvalue weighted by Crippen LogP contribution is 2.28. The zero-order valence-electron chi connectivity index (χ0n) is 16.4. The molecule has 0 radical (unpaired) electrons. The maximum atomic E-state index is 5.91. The molecule has 0 saturated heterocycles. The van der Waals surface area contributed by atoms with Gasteiger partial charge in [0.05, 0.1) is 13.3 Å². The molecule has 150 valence electrons. The number of nitrogens with zero attached hydrogens (tertiary/aromatic N) is 2. The molecular weight excluding hydrogens is 394 g/mol. The molecule has 0 atom stereocenters. The molecule has 7 heteroatoms. The quantitative estimate of drug-likeness (QED) is 0.272. The molecule has 0 aliphatic carbocycles. The van der Waals surface area contributed by atoms with Gasteiger partial charge in [0, 0.05) is 18.6 Å². The predicted molar refractivity (Wildman–Crippen MR) is 120 cm³/mol. The van der Waals surface area contributed by atoms with Crippen molar-refractivity contribution in [2.24, 2.45) is 5.10 Å². The van der Waals surface area contributed by atoms with Gasteiger partial charge in [0.25, 0.3) is 0 Å². The molecule has 0 unspecified atom stereocenters. The molecule has 2 aromatic rings. The Morgan fingerprint density at radius 2 is 1.96 bits per heavy atom. The summed E-state index contributed by atoms with van der Waals surface area (Å²) >= 11 is 11.2. The molecule has 28 heavy (non-hydrogen) atoms. The lowest BCUT2D eigenvalue weighted by Crippen LogP contribution is -2.34. The summed E-state index contributed by atoms with van der Waals surface area (Å²) in [6, 6.07) is 13.2. The molecule has 0 bridgehead atoms. The normalized spacial score (nSPS) is 10.7. The van der Waals surface area contributed by atoms with Crippen molar-refractivity contribution in [3.63, 3.8) is 0 Å². The molecule has 0 heterocycles. The van der Waals surface area contributed by atoms with E-state index in [-0.39, 0.29) is 0 Å². The van der Waals surface area contributed by atoms with Crippen molar-refractivity contribution >= 4 is 35.1 Å². The number of methoxy groups -OCH3 is 1. The third kappa shape index (κ3) is 7.02. The predicted octanol–water partition coefficient (Wildman–Crippen LogP) is 4.87. The summed E-state index contributed by atoms with van der Waals surface area (Å²) in [7, 11) is 3.43. The molecule has 0 saturated carbocycles. The van der Waals surface area contributed by atoms with Crippen molar-refractivity contribution in [1.82, 2.24) is 10.3 Å². The first-order valence-corrected chi connectivity index (χ1v) is 9.93. The summed E-state index contributed by atoms with van der Waals surface area (Å²) in [6.45, 7) is 3.42. The van der Waals surface area contributed by atoms with Gasteiger partial charge in [-0.25, -0.2) is 5.01 Å². The number of halogens is 1. The molecule has 1 N–H and O–H groups in total. The summed E-state index contributed by atoms with van der Waals surface area (Å²) in [6.07, 6.45) is 3.93. The second-order valence-corrected chi connectivity index (χ2v) is 7.00. The number of ether oxygens (including phenoxy) is 2. The van der Waals surface area contributed by atoms with Crippen molar-refractivity contribution < 1.29 is 9.47 Å². The van der Waals surface area contributed by atoms with Crippen LogP contribution in [0.5, 0.6) is 11.5 Å². The Balaban J connectivity index is 1.97. The first kappa shape index (κ1) is 22.0. The molecule has 2 aromatic carbocycles. The Morgan fingerprint density at radius 3 is 2.64 bits per heavy atom. The van der Waals surface area contributed by atoms with E-state index in [0.717, 1.165) is 30.5 Å². The van der Waals surface area contributed by atoms with Crippen LogP contribution in [0.4, 0.5) is 0 Å². The van der Waals surface area contributed by atoms with Gasteiger partial charge in [-0.15, -0.1) is 0 Å². The molecular formula is C21H26ClN3O2S. The Labute approximate surface area is 177 Å². The van der Waals surface area contributed by atoms with E-state index in [9.17, 15) is 0 Å². The van der Waals surface area contributed by atoms with E-state index in [1.54, 1.807) is 18.3 Å². The summed E-state index contributed by atoms with van der Waals surface area (Å²) in [5.74, 6) is 1.31. The fourth-order valence-corrected chi connectivity index (χ4v) is 2.59. The minimum absolute atomic E-state index is 0.432. The lowest BCUT2D eigenvalue weighted by atomic mass is 10.2. The first-order valence-electron chi connectivity index (χ1n) is 9.14. The van der Waals surface area contributed by atoms with Gasteiger partial charge in [-0.2, -0.15) is 5.10 Å². The van der Waals surface area contributed by atoms with Crippen LogP contribution in [0.1, 0.15) is 30.9 Å². The van der Waals surface area contributed by atoms with E-state index < -0.39 is 0 Å². The van der Waals surface area contributed by atoms with Crippen molar-refractivity contribution in [2.75, 3.05) is 20.7 Å². The number of hydrogen-bond donors (Lipinski definition) is 1. The average molecular weight is 420 g/mol. The summed E-state index contributed by atoms with van der Waals surface area (Å²) in [5, 5.41) is 10.5. The molecule has 5 nitrogen and oxygen atoms in total. The first-order chi connectivity index (χ1) is 13.5. The fourth-order valence-electron chi connectivity index (χ4n) is 2.32. The van der Waals surface area contributed by atoms with Crippen LogP contribution in [0.15, 0.2) is 47.6 Å². The smallest absolute Gasteiger partial charge is 0.189 e. The van der Waals surface area contributed by atoms with Crippen molar-refractivity contribution in [3.8, 4) is 11.5 Å². The van der Waals surface area contributed by atoms with E-state index in [1.807, 2.05) is 49.5 Å². The van der Waals surface area contributed by atoms with Crippen LogP contribution in [-0.4, -0.2) is 37.0 Å². The molecule has 0 amide bonds. The Morgan fingerprint density at radius 1 is 1.21 bits per heavy atom. The number of rotatable bonds is 9. The third-order valence-corrected chi connectivity index (χ3v) is 4.64. The highest BCUT2D eigenvalue weighted by atomic mass is 35.5. The monoisotopic (exact) mass is 419 g/mol. The lowest BCUT2D eigenvalue weighted by molar-refractivity contribution is 0.284. The van der Waals surface area contributed by atoms with Crippen LogP contribution in [-0.2, 0) is 6.61 Å². The molecule has 0 aliphatic heterocycles. The Kier molecular flexibility index (Phi) is 9.04. The standard InChI is InChI=1S/C21H26ClN3O2S/c1-4-5-12-23-21(28)25(2)24-14-17-8-11-19(20(13-17)26-3)27-15-16-6-9-18(22)10-7-16/h6-11,13-14H,4-5,12,15H2,1-3H3,(H,23,28)/b24-14+. The number of unbranched alkanes of at least 4 members (excludes halogenated alkanes) is 1. The summed E-state index contributed by atoms with van der Waals surface area (Å²) in [4.78, 5) is 0. The Bertz CT molecular complexity index is 797. The number of nitrogens with one attached hydrogen (secondary N) is 1. The van der Waals surface area contributed by atoms with Crippen LogP contribution in [0.25, 0.3) is 0 Å². The van der Waals surface area contributed by atoms with Gasteiger partial charge in [0.15, 0.2) is 16.6 Å². The van der Waals surface area contributed by atoms with Crippen molar-refractivity contribution in [3.05, 3.63) is 58.6 Å². The highest BCUT2D eigenvalue weighted by molar-refractivity contribution is 7.80. The Hall–Kier alpha value is -2.31. The largest absolute Gasteiger partial charge is 0.493 e. The minimum Gasteiger partial charge on any atom is -0.493 e. The van der Waals surface area contributed by atoms with Gasteiger partial charge in [0.2, 0.25) is 0 Å². The van der Waals surface area contributed by atoms with Crippen LogP contribution in [0.3, 0.4) is 0 Å². The van der Waals surface area contributed by atoms with E-state index in [2.05, 4.69) is 17.3 Å². The summed E-state index contributed by atoms with van der Waals surface area (Å²) in [5.41, 5.74) is 1.92. The van der Waals surface area contributed by atoms with Gasteiger partial charge in [0.1, 0.15) is 6.61 Å². The van der Waals surface area contributed by atoms with Gasteiger partial charge < -0.3 is 14.8 Å². The number of hydrazone groups is 1. The fraction of sp³-hybridized carbons (Fsp3) is 0.333. The average Bonchev–Trinajstić information content (AvgIpc) is 2.71. The van der Waals surface area contributed by atoms with E-state index in [1.165, 1.54) is 0 Å². The number of thiocarbonyl (C=S) groups is 1. The zero-order chi connectivity index (χ0) is 20.4. The van der Waals surface area contributed by atoms with Gasteiger partial charge in [-0.05, 0) is 60.1 Å².